The lowest BCUT2D eigenvalue weighted by Gasteiger charge is -2.39. The highest BCUT2D eigenvalue weighted by atomic mass is 16.1. The van der Waals surface area contributed by atoms with Crippen LogP contribution in [0.25, 0.3) is 17.2 Å². The molecule has 36 heavy (non-hydrogen) atoms. The number of carbonyl (C=O) groups is 1. The minimum atomic E-state index is -0.153. The van der Waals surface area contributed by atoms with E-state index >= 15 is 0 Å². The quantitative estimate of drug-likeness (QED) is 0.383. The van der Waals surface area contributed by atoms with Gasteiger partial charge < -0.3 is 10.2 Å². The van der Waals surface area contributed by atoms with Crippen LogP contribution < -0.4 is 10.2 Å². The number of fused-ring (bicyclic) bond motifs is 3. The van der Waals surface area contributed by atoms with Gasteiger partial charge in [-0.2, -0.15) is 0 Å². The zero-order valence-corrected chi connectivity index (χ0v) is 20.0. The number of hydrogen-bond donors (Lipinski definition) is 1. The number of nitrogens with one attached hydrogen (secondary N) is 1. The van der Waals surface area contributed by atoms with Crippen LogP contribution in [0.5, 0.6) is 0 Å². The Morgan fingerprint density at radius 3 is 2.25 bits per heavy atom. The van der Waals surface area contributed by atoms with Crippen LogP contribution >= 0.6 is 0 Å². The molecule has 6 rings (SSSR count). The van der Waals surface area contributed by atoms with Crippen molar-refractivity contribution in [1.29, 1.82) is 0 Å². The molecule has 5 heteroatoms. The largest absolute Gasteiger partial charge is 0.369 e. The van der Waals surface area contributed by atoms with Gasteiger partial charge in [0, 0.05) is 56.0 Å². The SMILES string of the molecule is O=C(C=Cc1cccnc1)Nc1cccc(N2CCN(C3c4ccccc4-c4ccccc43)CC2)c1. The van der Waals surface area contributed by atoms with Gasteiger partial charge in [-0.25, -0.2) is 0 Å². The van der Waals surface area contributed by atoms with Gasteiger partial charge in [-0.05, 0) is 58.2 Å². The Bertz CT molecular complexity index is 1360. The minimum Gasteiger partial charge on any atom is -0.369 e. The first-order valence-electron chi connectivity index (χ1n) is 12.4. The molecule has 0 unspecified atom stereocenters. The van der Waals surface area contributed by atoms with Crippen molar-refractivity contribution in [3.8, 4) is 11.1 Å². The third-order valence-corrected chi connectivity index (χ3v) is 7.07. The Kier molecular flexibility index (Phi) is 6.06. The van der Waals surface area contributed by atoms with Gasteiger partial charge in [0.1, 0.15) is 0 Å². The number of aromatic nitrogens is 1. The smallest absolute Gasteiger partial charge is 0.248 e. The van der Waals surface area contributed by atoms with Crippen molar-refractivity contribution >= 4 is 23.4 Å². The summed E-state index contributed by atoms with van der Waals surface area (Å²) < 4.78 is 0. The molecule has 1 aliphatic carbocycles. The molecule has 3 aromatic carbocycles. The number of nitrogens with zero attached hydrogens (tertiary/aromatic N) is 3. The van der Waals surface area contributed by atoms with E-state index in [2.05, 4.69) is 80.8 Å². The van der Waals surface area contributed by atoms with E-state index in [1.165, 1.54) is 22.3 Å². The molecule has 2 aliphatic rings. The standard InChI is InChI=1S/C31H28N4O/c36-30(15-14-23-7-6-16-32-22-23)33-24-8-5-9-25(21-24)34-17-19-35(20-18-34)31-28-12-3-1-10-26(28)27-11-2-4-13-29(27)31/h1-16,21-22,31H,17-20H2,(H,33,36). The summed E-state index contributed by atoms with van der Waals surface area (Å²) in [5.41, 5.74) is 8.38. The molecular formula is C31H28N4O. The van der Waals surface area contributed by atoms with Crippen LogP contribution in [0.15, 0.2) is 103 Å². The van der Waals surface area contributed by atoms with E-state index in [1.807, 2.05) is 24.3 Å². The zero-order chi connectivity index (χ0) is 24.3. The fourth-order valence-electron chi connectivity index (χ4n) is 5.37. The van der Waals surface area contributed by atoms with Crippen molar-refractivity contribution in [3.05, 3.63) is 120 Å². The Labute approximate surface area is 211 Å². The molecule has 2 heterocycles. The second-order valence-corrected chi connectivity index (χ2v) is 9.26. The van der Waals surface area contributed by atoms with Gasteiger partial charge in [0.05, 0.1) is 6.04 Å². The minimum absolute atomic E-state index is 0.153. The molecule has 1 amide bonds. The number of hydrogen-bond acceptors (Lipinski definition) is 4. The number of carbonyl (C=O) groups excluding carboxylic acids is 1. The molecular weight excluding hydrogens is 444 g/mol. The van der Waals surface area contributed by atoms with E-state index < -0.39 is 0 Å². The molecule has 5 nitrogen and oxygen atoms in total. The van der Waals surface area contributed by atoms with E-state index in [9.17, 15) is 4.79 Å². The van der Waals surface area contributed by atoms with Crippen molar-refractivity contribution in [3.63, 3.8) is 0 Å². The highest BCUT2D eigenvalue weighted by molar-refractivity contribution is 6.02. The summed E-state index contributed by atoms with van der Waals surface area (Å²) in [4.78, 5) is 21.5. The number of benzene rings is 3. The van der Waals surface area contributed by atoms with Crippen LogP contribution in [0.3, 0.4) is 0 Å². The van der Waals surface area contributed by atoms with E-state index in [-0.39, 0.29) is 5.91 Å². The first-order valence-corrected chi connectivity index (χ1v) is 12.4. The molecule has 0 atom stereocenters. The topological polar surface area (TPSA) is 48.5 Å². The number of piperazine rings is 1. The fourth-order valence-corrected chi connectivity index (χ4v) is 5.37. The predicted molar refractivity (Wildman–Crippen MR) is 146 cm³/mol. The van der Waals surface area contributed by atoms with E-state index in [0.717, 1.165) is 43.1 Å². The van der Waals surface area contributed by atoms with Crippen LogP contribution in [0.2, 0.25) is 0 Å². The second kappa shape index (κ2) is 9.80. The first kappa shape index (κ1) is 22.3. The number of pyridine rings is 1. The molecule has 4 aromatic rings. The maximum Gasteiger partial charge on any atom is 0.248 e. The van der Waals surface area contributed by atoms with E-state index in [0.29, 0.717) is 6.04 Å². The third-order valence-electron chi connectivity index (χ3n) is 7.07. The van der Waals surface area contributed by atoms with Gasteiger partial charge >= 0.3 is 0 Å². The Balaban J connectivity index is 1.12. The van der Waals surface area contributed by atoms with Crippen molar-refractivity contribution in [2.24, 2.45) is 0 Å². The van der Waals surface area contributed by atoms with E-state index in [1.54, 1.807) is 24.5 Å². The van der Waals surface area contributed by atoms with Crippen LogP contribution in [-0.4, -0.2) is 42.0 Å². The summed E-state index contributed by atoms with van der Waals surface area (Å²) in [6, 6.07) is 29.8. The van der Waals surface area contributed by atoms with Gasteiger partial charge in [-0.1, -0.05) is 60.7 Å². The molecule has 0 radical (unpaired) electrons. The average molecular weight is 473 g/mol. The Morgan fingerprint density at radius 1 is 0.833 bits per heavy atom. The van der Waals surface area contributed by atoms with Gasteiger partial charge in [0.15, 0.2) is 0 Å². The summed E-state index contributed by atoms with van der Waals surface area (Å²) in [5, 5.41) is 2.98. The highest BCUT2D eigenvalue weighted by Crippen LogP contribution is 2.46. The van der Waals surface area contributed by atoms with Crippen molar-refractivity contribution in [1.82, 2.24) is 9.88 Å². The molecule has 1 N–H and O–H groups in total. The summed E-state index contributed by atoms with van der Waals surface area (Å²) >= 11 is 0. The average Bonchev–Trinajstić information content (AvgIpc) is 3.27. The fraction of sp³-hybridized carbons (Fsp3) is 0.161. The lowest BCUT2D eigenvalue weighted by atomic mass is 10.0. The Morgan fingerprint density at radius 2 is 1.56 bits per heavy atom. The molecule has 0 bridgehead atoms. The Hall–Kier alpha value is -4.22. The lowest BCUT2D eigenvalue weighted by molar-refractivity contribution is -0.111. The summed E-state index contributed by atoms with van der Waals surface area (Å²) in [7, 11) is 0. The second-order valence-electron chi connectivity index (χ2n) is 9.26. The molecule has 0 spiro atoms. The third kappa shape index (κ3) is 4.41. The van der Waals surface area contributed by atoms with Gasteiger partial charge in [0.2, 0.25) is 5.91 Å². The van der Waals surface area contributed by atoms with Crippen molar-refractivity contribution in [2.75, 3.05) is 36.4 Å². The van der Waals surface area contributed by atoms with Crippen LogP contribution in [0.1, 0.15) is 22.7 Å². The number of anilines is 2. The van der Waals surface area contributed by atoms with Crippen molar-refractivity contribution in [2.45, 2.75) is 6.04 Å². The maximum absolute atomic E-state index is 12.4. The van der Waals surface area contributed by atoms with Crippen molar-refractivity contribution < 1.29 is 4.79 Å². The predicted octanol–water partition coefficient (Wildman–Crippen LogP) is 5.63. The molecule has 1 fully saturated rings. The molecule has 178 valence electrons. The summed E-state index contributed by atoms with van der Waals surface area (Å²) in [5.74, 6) is -0.153. The molecule has 1 aromatic heterocycles. The highest BCUT2D eigenvalue weighted by Gasteiger charge is 2.34. The van der Waals surface area contributed by atoms with Gasteiger partial charge in [-0.15, -0.1) is 0 Å². The number of rotatable bonds is 5. The molecule has 1 aliphatic heterocycles. The molecule has 1 saturated heterocycles. The molecule has 0 saturated carbocycles. The first-order chi connectivity index (χ1) is 17.8. The van der Waals surface area contributed by atoms with Gasteiger partial charge in [-0.3, -0.25) is 14.7 Å². The summed E-state index contributed by atoms with van der Waals surface area (Å²) in [6.07, 6.45) is 6.76. The lowest BCUT2D eigenvalue weighted by Crippen LogP contribution is -2.47. The number of amides is 1. The van der Waals surface area contributed by atoms with E-state index in [4.69, 9.17) is 0 Å². The zero-order valence-electron chi connectivity index (χ0n) is 20.0. The summed E-state index contributed by atoms with van der Waals surface area (Å²) in [6.45, 7) is 3.85. The van der Waals surface area contributed by atoms with Crippen LogP contribution in [0.4, 0.5) is 11.4 Å². The monoisotopic (exact) mass is 472 g/mol. The van der Waals surface area contributed by atoms with Gasteiger partial charge in [0.25, 0.3) is 0 Å². The normalized spacial score (nSPS) is 15.6. The van der Waals surface area contributed by atoms with Crippen LogP contribution in [-0.2, 0) is 4.79 Å². The van der Waals surface area contributed by atoms with Crippen LogP contribution in [0, 0.1) is 0 Å². The maximum atomic E-state index is 12.4.